The molecule has 0 amide bonds. The molecule has 0 spiro atoms. The van der Waals surface area contributed by atoms with E-state index < -0.39 is 5.97 Å². The summed E-state index contributed by atoms with van der Waals surface area (Å²) >= 11 is 0. The number of hydrogen-bond donors (Lipinski definition) is 1. The number of hydrogen-bond acceptors (Lipinski definition) is 1. The summed E-state index contributed by atoms with van der Waals surface area (Å²) in [5, 5.41) is 8.95. The minimum absolute atomic E-state index is 0.159. The van der Waals surface area contributed by atoms with Gasteiger partial charge < -0.3 is 5.11 Å². The van der Waals surface area contributed by atoms with E-state index in [1.807, 2.05) is 19.9 Å². The van der Waals surface area contributed by atoms with Gasteiger partial charge in [0.25, 0.3) is 0 Å². The third kappa shape index (κ3) is 2.25. The summed E-state index contributed by atoms with van der Waals surface area (Å²) in [4.78, 5) is 10.9. The predicted molar refractivity (Wildman–Crippen MR) is 68.3 cm³/mol. The SMILES string of the molecule is Cc1cc(C)c(-c2cccc(C(=O)O)c2)c(F)c1. The van der Waals surface area contributed by atoms with Gasteiger partial charge in [0.2, 0.25) is 0 Å². The lowest BCUT2D eigenvalue weighted by Gasteiger charge is -2.09. The number of benzene rings is 2. The summed E-state index contributed by atoms with van der Waals surface area (Å²) in [6.07, 6.45) is 0. The maximum atomic E-state index is 14.0. The minimum atomic E-state index is -1.01. The standard InChI is InChI=1S/C15H13FO2/c1-9-6-10(2)14(13(16)7-9)11-4-3-5-12(8-11)15(17)18/h3-8H,1-2H3,(H,17,18). The number of carboxylic acids is 1. The Labute approximate surface area is 105 Å². The Hall–Kier alpha value is -2.16. The highest BCUT2D eigenvalue weighted by Gasteiger charge is 2.11. The average Bonchev–Trinajstić information content (AvgIpc) is 2.28. The third-order valence-electron chi connectivity index (χ3n) is 2.83. The second-order valence-electron chi connectivity index (χ2n) is 4.32. The fraction of sp³-hybridized carbons (Fsp3) is 0.133. The van der Waals surface area contributed by atoms with Crippen molar-refractivity contribution in [2.75, 3.05) is 0 Å². The highest BCUT2D eigenvalue weighted by molar-refractivity contribution is 5.89. The highest BCUT2D eigenvalue weighted by atomic mass is 19.1. The van der Waals surface area contributed by atoms with Crippen LogP contribution in [0.4, 0.5) is 4.39 Å². The van der Waals surface area contributed by atoms with Crippen molar-refractivity contribution in [3.05, 3.63) is 58.9 Å². The second-order valence-corrected chi connectivity index (χ2v) is 4.32. The average molecular weight is 244 g/mol. The van der Waals surface area contributed by atoms with E-state index in [1.165, 1.54) is 18.2 Å². The Kier molecular flexibility index (Phi) is 3.15. The molecule has 0 saturated heterocycles. The topological polar surface area (TPSA) is 37.3 Å². The quantitative estimate of drug-likeness (QED) is 0.872. The van der Waals surface area contributed by atoms with Crippen LogP contribution in [0, 0.1) is 19.7 Å². The van der Waals surface area contributed by atoms with Crippen LogP contribution in [-0.4, -0.2) is 11.1 Å². The molecule has 0 radical (unpaired) electrons. The first-order valence-electron chi connectivity index (χ1n) is 5.59. The molecule has 0 aliphatic heterocycles. The third-order valence-corrected chi connectivity index (χ3v) is 2.83. The van der Waals surface area contributed by atoms with Gasteiger partial charge in [-0.1, -0.05) is 18.2 Å². The van der Waals surface area contributed by atoms with Gasteiger partial charge in [-0.05, 0) is 48.7 Å². The van der Waals surface area contributed by atoms with Crippen LogP contribution in [0.2, 0.25) is 0 Å². The molecule has 0 saturated carbocycles. The van der Waals surface area contributed by atoms with Crippen LogP contribution >= 0.6 is 0 Å². The van der Waals surface area contributed by atoms with Crippen molar-refractivity contribution in [3.63, 3.8) is 0 Å². The first-order valence-corrected chi connectivity index (χ1v) is 5.59. The number of carbonyl (C=O) groups is 1. The Morgan fingerprint density at radius 2 is 1.89 bits per heavy atom. The van der Waals surface area contributed by atoms with Crippen LogP contribution < -0.4 is 0 Å². The van der Waals surface area contributed by atoms with Gasteiger partial charge in [-0.3, -0.25) is 0 Å². The number of rotatable bonds is 2. The van der Waals surface area contributed by atoms with Crippen molar-refractivity contribution in [1.82, 2.24) is 0 Å². The van der Waals surface area contributed by atoms with Crippen molar-refractivity contribution in [2.45, 2.75) is 13.8 Å². The lowest BCUT2D eigenvalue weighted by molar-refractivity contribution is 0.0697. The molecular weight excluding hydrogens is 231 g/mol. The van der Waals surface area contributed by atoms with Gasteiger partial charge >= 0.3 is 5.97 Å². The molecule has 2 aromatic rings. The molecule has 0 aliphatic rings. The van der Waals surface area contributed by atoms with Crippen LogP contribution in [0.3, 0.4) is 0 Å². The fourth-order valence-corrected chi connectivity index (χ4v) is 2.09. The smallest absolute Gasteiger partial charge is 0.335 e. The van der Waals surface area contributed by atoms with Crippen LogP contribution in [-0.2, 0) is 0 Å². The summed E-state index contributed by atoms with van der Waals surface area (Å²) in [7, 11) is 0. The molecule has 2 rings (SSSR count). The lowest BCUT2D eigenvalue weighted by Crippen LogP contribution is -1.97. The molecule has 2 nitrogen and oxygen atoms in total. The molecule has 0 aliphatic carbocycles. The monoisotopic (exact) mass is 244 g/mol. The Bertz CT molecular complexity index is 595. The number of carboxylic acid groups (broad SMARTS) is 1. The first-order chi connectivity index (χ1) is 8.49. The molecule has 18 heavy (non-hydrogen) atoms. The number of aryl methyl sites for hydroxylation is 2. The predicted octanol–water partition coefficient (Wildman–Crippen LogP) is 3.81. The van der Waals surface area contributed by atoms with Crippen molar-refractivity contribution >= 4 is 5.97 Å². The normalized spacial score (nSPS) is 10.4. The van der Waals surface area contributed by atoms with E-state index in [9.17, 15) is 9.18 Å². The van der Waals surface area contributed by atoms with Gasteiger partial charge in [-0.2, -0.15) is 0 Å². The Balaban J connectivity index is 2.62. The van der Waals surface area contributed by atoms with Crippen molar-refractivity contribution in [2.24, 2.45) is 0 Å². The summed E-state index contributed by atoms with van der Waals surface area (Å²) in [5.41, 5.74) is 2.86. The summed E-state index contributed by atoms with van der Waals surface area (Å²) < 4.78 is 14.0. The molecule has 2 aromatic carbocycles. The van der Waals surface area contributed by atoms with Crippen LogP contribution in [0.25, 0.3) is 11.1 Å². The van der Waals surface area contributed by atoms with E-state index in [2.05, 4.69) is 0 Å². The zero-order chi connectivity index (χ0) is 13.3. The molecule has 0 fully saturated rings. The first kappa shape index (κ1) is 12.3. The maximum absolute atomic E-state index is 14.0. The van der Waals surface area contributed by atoms with Gasteiger partial charge in [0.05, 0.1) is 5.56 Å². The molecule has 3 heteroatoms. The van der Waals surface area contributed by atoms with Crippen LogP contribution in [0.5, 0.6) is 0 Å². The van der Waals surface area contributed by atoms with E-state index in [0.717, 1.165) is 11.1 Å². The van der Waals surface area contributed by atoms with Gasteiger partial charge in [0, 0.05) is 5.56 Å². The van der Waals surface area contributed by atoms with Crippen molar-refractivity contribution in [1.29, 1.82) is 0 Å². The molecule has 0 aromatic heterocycles. The second kappa shape index (κ2) is 4.61. The molecule has 0 heterocycles. The summed E-state index contributed by atoms with van der Waals surface area (Å²) in [6, 6.07) is 9.66. The van der Waals surface area contributed by atoms with Gasteiger partial charge in [-0.25, -0.2) is 9.18 Å². The zero-order valence-corrected chi connectivity index (χ0v) is 10.2. The molecule has 92 valence electrons. The molecule has 0 bridgehead atoms. The lowest BCUT2D eigenvalue weighted by atomic mass is 9.97. The molecule has 0 atom stereocenters. The van der Waals surface area contributed by atoms with Crippen molar-refractivity contribution in [3.8, 4) is 11.1 Å². The Morgan fingerprint density at radius 1 is 1.17 bits per heavy atom. The van der Waals surface area contributed by atoms with E-state index in [4.69, 9.17) is 5.11 Å². The molecule has 0 unspecified atom stereocenters. The molecular formula is C15H13FO2. The zero-order valence-electron chi connectivity index (χ0n) is 10.2. The summed E-state index contributed by atoms with van der Waals surface area (Å²) in [5.74, 6) is -1.34. The molecule has 1 N–H and O–H groups in total. The van der Waals surface area contributed by atoms with Gasteiger partial charge in [0.1, 0.15) is 5.82 Å². The largest absolute Gasteiger partial charge is 0.478 e. The van der Waals surface area contributed by atoms with E-state index in [1.54, 1.807) is 12.1 Å². The van der Waals surface area contributed by atoms with Crippen molar-refractivity contribution < 1.29 is 14.3 Å². The summed E-state index contributed by atoms with van der Waals surface area (Å²) in [6.45, 7) is 3.65. The minimum Gasteiger partial charge on any atom is -0.478 e. The van der Waals surface area contributed by atoms with E-state index >= 15 is 0 Å². The number of halogens is 1. The Morgan fingerprint density at radius 3 is 2.50 bits per heavy atom. The van der Waals surface area contributed by atoms with Gasteiger partial charge in [0.15, 0.2) is 0 Å². The van der Waals surface area contributed by atoms with Crippen LogP contribution in [0.1, 0.15) is 21.5 Å². The maximum Gasteiger partial charge on any atom is 0.335 e. The van der Waals surface area contributed by atoms with E-state index in [-0.39, 0.29) is 11.4 Å². The fourth-order valence-electron chi connectivity index (χ4n) is 2.09. The highest BCUT2D eigenvalue weighted by Crippen LogP contribution is 2.28. The number of aromatic carboxylic acids is 1. The van der Waals surface area contributed by atoms with Gasteiger partial charge in [-0.15, -0.1) is 0 Å². The van der Waals surface area contributed by atoms with E-state index in [0.29, 0.717) is 11.1 Å². The van der Waals surface area contributed by atoms with Crippen LogP contribution in [0.15, 0.2) is 36.4 Å².